The van der Waals surface area contributed by atoms with Crippen LogP contribution >= 0.6 is 0 Å². The maximum atomic E-state index is 14.8. The molecule has 0 radical (unpaired) electrons. The number of carbonyl (C=O) groups is 3. The Morgan fingerprint density at radius 3 is 2.07 bits per heavy atom. The van der Waals surface area contributed by atoms with Crippen molar-refractivity contribution in [2.45, 2.75) is 105 Å². The van der Waals surface area contributed by atoms with E-state index in [9.17, 15) is 19.5 Å². The fraction of sp³-hybridized carbons (Fsp3) is 0.447. The van der Waals surface area contributed by atoms with E-state index in [2.05, 4.69) is 17.6 Å². The Kier molecular flexibility index (Phi) is 13.2. The van der Waals surface area contributed by atoms with Crippen molar-refractivity contribution < 1.29 is 24.2 Å². The van der Waals surface area contributed by atoms with Crippen LogP contribution in [0.2, 0.25) is 0 Å². The minimum absolute atomic E-state index is 0.0485. The molecule has 2 atom stereocenters. The molecule has 248 valence electrons. The van der Waals surface area contributed by atoms with Crippen LogP contribution in [0.4, 0.5) is 10.5 Å². The number of amides is 3. The summed E-state index contributed by atoms with van der Waals surface area (Å²) in [7, 11) is 0. The van der Waals surface area contributed by atoms with E-state index in [-0.39, 0.29) is 18.7 Å². The fourth-order valence-corrected chi connectivity index (χ4v) is 5.51. The first-order valence-corrected chi connectivity index (χ1v) is 16.3. The number of carbonyl (C=O) groups excluding carboxylic acids is 3. The highest BCUT2D eigenvalue weighted by Gasteiger charge is 2.38. The van der Waals surface area contributed by atoms with Crippen LogP contribution in [-0.4, -0.2) is 46.1 Å². The summed E-state index contributed by atoms with van der Waals surface area (Å²) in [6.45, 7) is 13.3. The van der Waals surface area contributed by atoms with Crippen LogP contribution in [0.1, 0.15) is 93.7 Å². The van der Waals surface area contributed by atoms with Gasteiger partial charge in [0.25, 0.3) is 5.91 Å². The van der Waals surface area contributed by atoms with Crippen molar-refractivity contribution in [2.24, 2.45) is 0 Å². The minimum atomic E-state index is -1.17. The third-order valence-electron chi connectivity index (χ3n) is 7.91. The second kappa shape index (κ2) is 16.8. The highest BCUT2D eigenvalue weighted by Crippen LogP contribution is 2.34. The number of phenolic OH excluding ortho intramolecular Hbond substituents is 1. The molecule has 0 aromatic heterocycles. The number of unbranched alkanes of at least 4 members (excludes halogenated alkanes) is 4. The average Bonchev–Trinajstić information content (AvgIpc) is 2.99. The lowest BCUT2D eigenvalue weighted by Crippen LogP contribution is -2.53. The maximum absolute atomic E-state index is 14.8. The van der Waals surface area contributed by atoms with E-state index in [1.54, 1.807) is 45.9 Å². The molecule has 8 heteroatoms. The number of anilines is 1. The topological polar surface area (TPSA) is 108 Å². The van der Waals surface area contributed by atoms with Gasteiger partial charge in [0.05, 0.1) is 0 Å². The maximum Gasteiger partial charge on any atom is 0.408 e. The largest absolute Gasteiger partial charge is 0.507 e. The minimum Gasteiger partial charge on any atom is -0.507 e. The predicted molar refractivity (Wildman–Crippen MR) is 184 cm³/mol. The first-order chi connectivity index (χ1) is 21.8. The third kappa shape index (κ3) is 10.4. The molecule has 3 N–H and O–H groups in total. The highest BCUT2D eigenvalue weighted by atomic mass is 16.6. The molecule has 3 amide bonds. The zero-order chi connectivity index (χ0) is 33.9. The van der Waals surface area contributed by atoms with Crippen molar-refractivity contribution >= 4 is 23.6 Å². The molecule has 46 heavy (non-hydrogen) atoms. The molecule has 0 spiro atoms. The van der Waals surface area contributed by atoms with Gasteiger partial charge in [-0.15, -0.1) is 0 Å². The van der Waals surface area contributed by atoms with Crippen LogP contribution < -0.4 is 10.6 Å². The van der Waals surface area contributed by atoms with Crippen molar-refractivity contribution in [3.63, 3.8) is 0 Å². The van der Waals surface area contributed by atoms with Gasteiger partial charge >= 0.3 is 6.09 Å². The fourth-order valence-electron chi connectivity index (χ4n) is 5.51. The number of aryl methyl sites for hydroxylation is 3. The number of aromatic hydroxyl groups is 1. The van der Waals surface area contributed by atoms with Crippen molar-refractivity contribution in [1.82, 2.24) is 10.2 Å². The smallest absolute Gasteiger partial charge is 0.408 e. The Morgan fingerprint density at radius 2 is 1.43 bits per heavy atom. The number of alkyl carbamates (subject to hydrolysis) is 1. The monoisotopic (exact) mass is 629 g/mol. The molecule has 0 heterocycles. The molecule has 2 unspecified atom stereocenters. The Bertz CT molecular complexity index is 1440. The number of ether oxygens (including phenoxy) is 1. The van der Waals surface area contributed by atoms with E-state index in [0.717, 1.165) is 42.4 Å². The van der Waals surface area contributed by atoms with Crippen LogP contribution in [0.5, 0.6) is 5.75 Å². The summed E-state index contributed by atoms with van der Waals surface area (Å²) in [6, 6.07) is 18.2. The Balaban J connectivity index is 2.13. The summed E-state index contributed by atoms with van der Waals surface area (Å²) in [5.41, 5.74) is 3.40. The molecular weight excluding hydrogens is 578 g/mol. The van der Waals surface area contributed by atoms with Gasteiger partial charge < -0.3 is 25.4 Å². The van der Waals surface area contributed by atoms with Gasteiger partial charge in [-0.05, 0) is 70.2 Å². The number of phenols is 1. The molecule has 0 saturated carbocycles. The second-order valence-electron chi connectivity index (χ2n) is 13.0. The number of para-hydroxylation sites is 2. The third-order valence-corrected chi connectivity index (χ3v) is 7.91. The van der Waals surface area contributed by atoms with E-state index in [1.165, 1.54) is 4.90 Å². The van der Waals surface area contributed by atoms with Gasteiger partial charge in [0.2, 0.25) is 5.91 Å². The number of hydrogen-bond acceptors (Lipinski definition) is 5. The van der Waals surface area contributed by atoms with Gasteiger partial charge in [-0.1, -0.05) is 99.3 Å². The normalized spacial score (nSPS) is 12.6. The molecule has 8 nitrogen and oxygen atoms in total. The van der Waals surface area contributed by atoms with Gasteiger partial charge in [-0.25, -0.2) is 4.79 Å². The van der Waals surface area contributed by atoms with Crippen LogP contribution in [0.15, 0.2) is 66.7 Å². The van der Waals surface area contributed by atoms with E-state index >= 15 is 0 Å². The molecule has 0 saturated heterocycles. The zero-order valence-electron chi connectivity index (χ0n) is 28.5. The highest BCUT2D eigenvalue weighted by molar-refractivity contribution is 6.00. The molecule has 3 aromatic carbocycles. The summed E-state index contributed by atoms with van der Waals surface area (Å²) in [5.74, 6) is -0.934. The molecule has 0 aliphatic heterocycles. The summed E-state index contributed by atoms with van der Waals surface area (Å²) >= 11 is 0. The molecule has 0 bridgehead atoms. The van der Waals surface area contributed by atoms with Gasteiger partial charge in [-0.2, -0.15) is 0 Å². The standard InChI is InChI=1S/C38H51N3O5/c1-8-9-10-11-15-24-41(36(44)31(25-29-21-13-12-14-22-29)39-37(45)46-38(5,6)7)33(30-23-17-20-28(4)34(30)42)35(43)40-32-26(2)18-16-19-27(32)3/h12-14,16-23,31,33,42H,8-11,15,24-25H2,1-7H3,(H,39,45)(H,40,43). The van der Waals surface area contributed by atoms with Gasteiger partial charge in [0.1, 0.15) is 23.4 Å². The van der Waals surface area contributed by atoms with Gasteiger partial charge in [0, 0.05) is 24.2 Å². The number of nitrogens with zero attached hydrogens (tertiary/aromatic N) is 1. The summed E-state index contributed by atoms with van der Waals surface area (Å²) in [6.07, 6.45) is 4.12. The first-order valence-electron chi connectivity index (χ1n) is 16.3. The number of nitrogens with one attached hydrogen (secondary N) is 2. The molecule has 0 aliphatic rings. The van der Waals surface area contributed by atoms with Crippen molar-refractivity contribution in [3.8, 4) is 5.75 Å². The molecular formula is C38H51N3O5. The van der Waals surface area contributed by atoms with Crippen LogP contribution in [0.3, 0.4) is 0 Å². The van der Waals surface area contributed by atoms with E-state index < -0.39 is 35.6 Å². The lowest BCUT2D eigenvalue weighted by Gasteiger charge is -2.35. The van der Waals surface area contributed by atoms with Crippen molar-refractivity contribution in [2.75, 3.05) is 11.9 Å². The van der Waals surface area contributed by atoms with E-state index in [4.69, 9.17) is 4.74 Å². The molecule has 3 aromatic rings. The van der Waals surface area contributed by atoms with E-state index in [1.807, 2.05) is 62.4 Å². The summed E-state index contributed by atoms with van der Waals surface area (Å²) in [5, 5.41) is 17.2. The quantitative estimate of drug-likeness (QED) is 0.157. The lowest BCUT2D eigenvalue weighted by molar-refractivity contribution is -0.141. The lowest BCUT2D eigenvalue weighted by atomic mass is 9.97. The second-order valence-corrected chi connectivity index (χ2v) is 13.0. The Hall–Kier alpha value is -4.33. The van der Waals surface area contributed by atoms with Crippen LogP contribution in [-0.2, 0) is 20.7 Å². The first kappa shape index (κ1) is 36.1. The number of benzene rings is 3. The zero-order valence-corrected chi connectivity index (χ0v) is 28.5. The predicted octanol–water partition coefficient (Wildman–Crippen LogP) is 7.93. The summed E-state index contributed by atoms with van der Waals surface area (Å²) in [4.78, 5) is 43.8. The number of rotatable bonds is 14. The van der Waals surface area contributed by atoms with Crippen molar-refractivity contribution in [3.05, 3.63) is 94.5 Å². The molecule has 3 rings (SSSR count). The van der Waals surface area contributed by atoms with Gasteiger partial charge in [-0.3, -0.25) is 9.59 Å². The number of hydrogen-bond donors (Lipinski definition) is 3. The molecule has 0 fully saturated rings. The van der Waals surface area contributed by atoms with Crippen LogP contribution in [0.25, 0.3) is 0 Å². The van der Waals surface area contributed by atoms with Crippen molar-refractivity contribution in [1.29, 1.82) is 0 Å². The average molecular weight is 630 g/mol. The van der Waals surface area contributed by atoms with Gasteiger partial charge in [0.15, 0.2) is 0 Å². The summed E-state index contributed by atoms with van der Waals surface area (Å²) < 4.78 is 5.55. The molecule has 0 aliphatic carbocycles. The van der Waals surface area contributed by atoms with E-state index in [0.29, 0.717) is 23.2 Å². The Labute approximate surface area is 274 Å². The van der Waals surface area contributed by atoms with Crippen LogP contribution in [0, 0.1) is 20.8 Å². The Morgan fingerprint density at radius 1 is 0.826 bits per heavy atom. The SMILES string of the molecule is CCCCCCCN(C(=O)C(Cc1ccccc1)NC(=O)OC(C)(C)C)C(C(=O)Nc1c(C)cccc1C)c1cccc(C)c1O.